The molecule has 0 saturated carbocycles. The Labute approximate surface area is 137 Å². The number of piperidine rings is 1. The van der Waals surface area contributed by atoms with Crippen LogP contribution in [0.5, 0.6) is 0 Å². The Kier molecular flexibility index (Phi) is 5.06. The Hall–Kier alpha value is -1.93. The molecule has 0 radical (unpaired) electrons. The van der Waals surface area contributed by atoms with Crippen molar-refractivity contribution < 1.29 is 8.42 Å². The van der Waals surface area contributed by atoms with Gasteiger partial charge in [0.1, 0.15) is 6.34 Å². The zero-order valence-electron chi connectivity index (χ0n) is 13.7. The van der Waals surface area contributed by atoms with E-state index in [0.717, 1.165) is 37.1 Å². The van der Waals surface area contributed by atoms with Crippen LogP contribution in [0.1, 0.15) is 20.3 Å². The first-order chi connectivity index (χ1) is 10.8. The highest BCUT2D eigenvalue weighted by molar-refractivity contribution is 7.95. The Bertz CT molecular complexity index is 718. The second kappa shape index (κ2) is 6.67. The lowest BCUT2D eigenvalue weighted by molar-refractivity contribution is 0.356. The van der Waals surface area contributed by atoms with Crippen molar-refractivity contribution in [3.05, 3.63) is 35.2 Å². The summed E-state index contributed by atoms with van der Waals surface area (Å²) >= 11 is 0. The summed E-state index contributed by atoms with van der Waals surface area (Å²) in [5.41, 5.74) is 7.33. The van der Waals surface area contributed by atoms with Gasteiger partial charge in [-0.3, -0.25) is 0 Å². The number of aliphatic imine (C=N–C) groups is 1. The van der Waals surface area contributed by atoms with E-state index in [2.05, 4.69) is 21.6 Å². The molecule has 2 heterocycles. The van der Waals surface area contributed by atoms with Gasteiger partial charge >= 0.3 is 0 Å². The first-order valence-corrected chi connectivity index (χ1v) is 8.93. The van der Waals surface area contributed by atoms with Gasteiger partial charge in [-0.15, -0.1) is 6.58 Å². The molecule has 0 aliphatic carbocycles. The Morgan fingerprint density at radius 2 is 2.26 bits per heavy atom. The summed E-state index contributed by atoms with van der Waals surface area (Å²) in [4.78, 5) is 6.90. The van der Waals surface area contributed by atoms with Crippen LogP contribution in [-0.4, -0.2) is 55.8 Å². The number of fused-ring (bicyclic) bond motifs is 1. The normalized spacial score (nSPS) is 23.2. The van der Waals surface area contributed by atoms with Gasteiger partial charge < -0.3 is 10.6 Å². The van der Waals surface area contributed by atoms with Crippen molar-refractivity contribution in [3.8, 4) is 0 Å². The first-order valence-electron chi connectivity index (χ1n) is 7.39. The van der Waals surface area contributed by atoms with Crippen LogP contribution in [0.2, 0.25) is 0 Å². The number of hydrogen-bond acceptors (Lipinski definition) is 6. The fraction of sp³-hybridized carbons (Fsp3) is 0.467. The highest BCUT2D eigenvalue weighted by Gasteiger charge is 2.30. The Morgan fingerprint density at radius 3 is 2.87 bits per heavy atom. The van der Waals surface area contributed by atoms with Gasteiger partial charge in [-0.25, -0.2) is 18.4 Å². The molecule has 2 aliphatic heterocycles. The van der Waals surface area contributed by atoms with Crippen LogP contribution >= 0.6 is 0 Å². The number of hydrogen-bond donors (Lipinski definition) is 1. The molecule has 0 aromatic carbocycles. The number of hydrazone groups is 1. The smallest absolute Gasteiger partial charge is 0.184 e. The van der Waals surface area contributed by atoms with Gasteiger partial charge in [-0.1, -0.05) is 6.08 Å². The number of sulfone groups is 1. The maximum Gasteiger partial charge on any atom is 0.184 e. The molecule has 1 unspecified atom stereocenters. The zero-order chi connectivity index (χ0) is 17.2. The molecule has 8 heteroatoms. The maximum atomic E-state index is 12.6. The quantitative estimate of drug-likeness (QED) is 0.470. The lowest BCUT2D eigenvalue weighted by atomic mass is 10.0. The summed E-state index contributed by atoms with van der Waals surface area (Å²) in [6.45, 7) is 8.34. The second-order valence-electron chi connectivity index (χ2n) is 5.68. The highest BCUT2D eigenvalue weighted by Crippen LogP contribution is 2.28. The van der Waals surface area contributed by atoms with Crippen molar-refractivity contribution in [2.45, 2.75) is 25.5 Å². The lowest BCUT2D eigenvalue weighted by Crippen LogP contribution is -2.36. The molecule has 126 valence electrons. The van der Waals surface area contributed by atoms with E-state index in [1.807, 2.05) is 7.05 Å². The second-order valence-corrected chi connectivity index (χ2v) is 8.12. The summed E-state index contributed by atoms with van der Waals surface area (Å²) in [5, 5.41) is 4.78. The fourth-order valence-electron chi connectivity index (χ4n) is 2.48. The zero-order valence-corrected chi connectivity index (χ0v) is 14.5. The van der Waals surface area contributed by atoms with Crippen molar-refractivity contribution in [3.63, 3.8) is 0 Å². The van der Waals surface area contributed by atoms with E-state index in [1.54, 1.807) is 20.0 Å². The van der Waals surface area contributed by atoms with Crippen LogP contribution in [0, 0.1) is 0 Å². The largest absolute Gasteiger partial charge is 0.388 e. The molecule has 0 bridgehead atoms. The van der Waals surface area contributed by atoms with Crippen LogP contribution < -0.4 is 5.73 Å². The molecule has 23 heavy (non-hydrogen) atoms. The number of nitrogens with zero attached hydrogens (tertiary/aromatic N) is 4. The maximum absolute atomic E-state index is 12.6. The highest BCUT2D eigenvalue weighted by atomic mass is 32.2. The van der Waals surface area contributed by atoms with Crippen LogP contribution in [0.15, 0.2) is 45.2 Å². The van der Waals surface area contributed by atoms with Gasteiger partial charge in [0.05, 0.1) is 15.9 Å². The van der Waals surface area contributed by atoms with Gasteiger partial charge in [-0.2, -0.15) is 5.10 Å². The van der Waals surface area contributed by atoms with Crippen molar-refractivity contribution in [1.82, 2.24) is 9.91 Å². The van der Waals surface area contributed by atoms with E-state index < -0.39 is 15.1 Å². The monoisotopic (exact) mass is 337 g/mol. The SMILES string of the molecule is C=CC(C)S(=O)(=O)/C(C)=C1\N=C2CCN(C)CC2=CN1/N=C/N. The van der Waals surface area contributed by atoms with Crippen molar-refractivity contribution >= 4 is 21.9 Å². The minimum Gasteiger partial charge on any atom is -0.388 e. The summed E-state index contributed by atoms with van der Waals surface area (Å²) in [7, 11) is -1.50. The number of allylic oxidation sites excluding steroid dienone is 1. The molecule has 1 fully saturated rings. The minimum absolute atomic E-state index is 0.164. The van der Waals surface area contributed by atoms with E-state index >= 15 is 0 Å². The van der Waals surface area contributed by atoms with Crippen LogP contribution in [0.4, 0.5) is 0 Å². The van der Waals surface area contributed by atoms with E-state index in [4.69, 9.17) is 5.73 Å². The molecule has 2 N–H and O–H groups in total. The van der Waals surface area contributed by atoms with Crippen molar-refractivity contribution in [2.75, 3.05) is 20.1 Å². The molecule has 1 atom stereocenters. The molecule has 0 aromatic heterocycles. The van der Waals surface area contributed by atoms with Crippen molar-refractivity contribution in [2.24, 2.45) is 15.8 Å². The first kappa shape index (κ1) is 17.4. The van der Waals surface area contributed by atoms with Crippen LogP contribution in [0.25, 0.3) is 0 Å². The van der Waals surface area contributed by atoms with Crippen LogP contribution in [-0.2, 0) is 9.84 Å². The van der Waals surface area contributed by atoms with Crippen molar-refractivity contribution in [1.29, 1.82) is 0 Å². The molecule has 0 amide bonds. The average molecular weight is 337 g/mol. The Morgan fingerprint density at radius 1 is 1.57 bits per heavy atom. The molecule has 0 aromatic rings. The topological polar surface area (TPSA) is 91.4 Å². The van der Waals surface area contributed by atoms with Gasteiger partial charge in [-0.05, 0) is 20.9 Å². The number of nitrogens with two attached hydrogens (primary N) is 1. The van der Waals surface area contributed by atoms with E-state index in [0.29, 0.717) is 5.82 Å². The summed E-state index contributed by atoms with van der Waals surface area (Å²) in [6.07, 6.45) is 5.11. The average Bonchev–Trinajstić information content (AvgIpc) is 2.52. The third-order valence-electron chi connectivity index (χ3n) is 4.03. The fourth-order valence-corrected chi connectivity index (χ4v) is 3.69. The van der Waals surface area contributed by atoms with Crippen LogP contribution in [0.3, 0.4) is 0 Å². The third kappa shape index (κ3) is 3.37. The number of likely N-dealkylation sites (tertiary alicyclic amines) is 1. The summed E-state index contributed by atoms with van der Waals surface area (Å²) in [5.74, 6) is 0.295. The summed E-state index contributed by atoms with van der Waals surface area (Å²) in [6, 6.07) is 0. The predicted octanol–water partition coefficient (Wildman–Crippen LogP) is 1.04. The molecule has 2 aliphatic rings. The number of likely N-dealkylation sites (N-methyl/N-ethyl adjacent to an activating group) is 1. The lowest BCUT2D eigenvalue weighted by Gasteiger charge is -2.31. The van der Waals surface area contributed by atoms with Gasteiger partial charge in [0.15, 0.2) is 15.7 Å². The molecule has 2 rings (SSSR count). The predicted molar refractivity (Wildman–Crippen MR) is 93.4 cm³/mol. The van der Waals surface area contributed by atoms with E-state index in [-0.39, 0.29) is 4.91 Å². The standard InChI is InChI=1S/C15H23N5O2S/c1-5-11(2)23(21,22)12(3)15-18-14-6-7-19(4)8-13(14)9-20(15)17-10-16/h5,9-11H,1,6-8H2,2-4H3,(H2,16,17)/b15-12+. The van der Waals surface area contributed by atoms with Gasteiger partial charge in [0.2, 0.25) is 0 Å². The number of rotatable bonds is 4. The molecular weight excluding hydrogens is 314 g/mol. The molecule has 0 spiro atoms. The van der Waals surface area contributed by atoms with Gasteiger partial charge in [0, 0.05) is 31.3 Å². The van der Waals surface area contributed by atoms with E-state index in [9.17, 15) is 8.42 Å². The molecule has 1 saturated heterocycles. The van der Waals surface area contributed by atoms with Gasteiger partial charge in [0.25, 0.3) is 0 Å². The third-order valence-corrected chi connectivity index (χ3v) is 6.24. The minimum atomic E-state index is -3.53. The molecular formula is C15H23N5O2S. The van der Waals surface area contributed by atoms with E-state index in [1.165, 1.54) is 11.1 Å². The Balaban J connectivity index is 2.54. The summed E-state index contributed by atoms with van der Waals surface area (Å²) < 4.78 is 25.2. The molecule has 7 nitrogen and oxygen atoms in total.